The summed E-state index contributed by atoms with van der Waals surface area (Å²) < 4.78 is 11.6. The molecule has 0 bridgehead atoms. The first kappa shape index (κ1) is 26.8. The summed E-state index contributed by atoms with van der Waals surface area (Å²) in [5.74, 6) is -0.144. The Morgan fingerprint density at radius 2 is 1.48 bits per heavy atom. The van der Waals surface area contributed by atoms with E-state index in [1.807, 2.05) is 6.07 Å². The van der Waals surface area contributed by atoms with Gasteiger partial charge in [0.2, 0.25) is 0 Å². The maximum atomic E-state index is 13.0. The molecule has 0 aromatic heterocycles. The Labute approximate surface area is 198 Å². The topological polar surface area (TPSA) is 69.7 Å². The molecule has 33 heavy (non-hydrogen) atoms. The Balaban J connectivity index is 2.77. The fourth-order valence-corrected chi connectivity index (χ4v) is 4.03. The van der Waals surface area contributed by atoms with Crippen molar-refractivity contribution >= 4 is 17.7 Å². The van der Waals surface area contributed by atoms with Crippen molar-refractivity contribution in [3.05, 3.63) is 34.9 Å². The molecule has 0 aliphatic heterocycles. The van der Waals surface area contributed by atoms with Gasteiger partial charge < -0.3 is 9.47 Å². The van der Waals surface area contributed by atoms with Crippen molar-refractivity contribution in [3.8, 4) is 11.5 Å². The molecule has 2 unspecified atom stereocenters. The van der Waals surface area contributed by atoms with Gasteiger partial charge in [-0.2, -0.15) is 0 Å². The summed E-state index contributed by atoms with van der Waals surface area (Å²) in [7, 11) is 0. The zero-order valence-corrected chi connectivity index (χ0v) is 21.9. The monoisotopic (exact) mass is 456 g/mol. The van der Waals surface area contributed by atoms with E-state index in [9.17, 15) is 14.4 Å². The quantitative estimate of drug-likeness (QED) is 0.209. The van der Waals surface area contributed by atoms with Crippen molar-refractivity contribution in [3.63, 3.8) is 0 Å². The second kappa shape index (κ2) is 9.82. The van der Waals surface area contributed by atoms with Gasteiger partial charge in [-0.25, -0.2) is 0 Å². The summed E-state index contributed by atoms with van der Waals surface area (Å²) >= 11 is 0. The predicted octanol–water partition coefficient (Wildman–Crippen LogP) is 6.89. The van der Waals surface area contributed by atoms with Crippen molar-refractivity contribution in [2.75, 3.05) is 0 Å². The van der Waals surface area contributed by atoms with Crippen LogP contribution in [0.15, 0.2) is 23.8 Å². The number of Topliss-reactive ketones (excluding diaryl/α,β-unsaturated/α-hetero) is 1. The van der Waals surface area contributed by atoms with E-state index in [0.717, 1.165) is 18.4 Å². The highest BCUT2D eigenvalue weighted by molar-refractivity contribution is 6.02. The van der Waals surface area contributed by atoms with Crippen LogP contribution >= 0.6 is 0 Å². The molecule has 5 heteroatoms. The zero-order chi connectivity index (χ0) is 25.3. The second-order valence-corrected chi connectivity index (χ2v) is 11.7. The molecule has 1 aliphatic rings. The summed E-state index contributed by atoms with van der Waals surface area (Å²) in [5.41, 5.74) is 0.686. The first-order valence-corrected chi connectivity index (χ1v) is 11.8. The van der Waals surface area contributed by atoms with E-state index < -0.39 is 22.8 Å². The number of carbonyl (C=O) groups is 3. The molecule has 5 nitrogen and oxygen atoms in total. The number of ether oxygens (including phenoxy) is 2. The molecule has 0 saturated carbocycles. The highest BCUT2D eigenvalue weighted by atomic mass is 16.5. The average molecular weight is 457 g/mol. The summed E-state index contributed by atoms with van der Waals surface area (Å²) in [5, 5.41) is 0. The van der Waals surface area contributed by atoms with Gasteiger partial charge in [0.25, 0.3) is 0 Å². The molecule has 1 aromatic rings. The van der Waals surface area contributed by atoms with Gasteiger partial charge in [0, 0.05) is 11.5 Å². The molecule has 2 atom stereocenters. The standard InChI is InChI=1S/C28H40O5/c1-16(2)19-12-11-17(3)15-21(19)20-13-14-22(32-25(30)27(5,6)7)23(18(4)29)24(20)33-26(31)28(8,9)10/h13-16,19,21H,11-12H2,1-10H3. The third-order valence-corrected chi connectivity index (χ3v) is 6.14. The molecule has 182 valence electrons. The van der Waals surface area contributed by atoms with Crippen LogP contribution in [0.1, 0.15) is 104 Å². The molecule has 0 heterocycles. The van der Waals surface area contributed by atoms with Gasteiger partial charge in [-0.1, -0.05) is 31.6 Å². The van der Waals surface area contributed by atoms with Crippen molar-refractivity contribution in [2.24, 2.45) is 22.7 Å². The lowest BCUT2D eigenvalue weighted by molar-refractivity contribution is -0.143. The molecule has 0 spiro atoms. The summed E-state index contributed by atoms with van der Waals surface area (Å²) in [6, 6.07) is 3.51. The van der Waals surface area contributed by atoms with Crippen molar-refractivity contribution in [1.29, 1.82) is 0 Å². The number of allylic oxidation sites excluding steroid dienone is 2. The van der Waals surface area contributed by atoms with Crippen molar-refractivity contribution in [1.82, 2.24) is 0 Å². The maximum Gasteiger partial charge on any atom is 0.316 e. The normalized spacial score (nSPS) is 19.2. The van der Waals surface area contributed by atoms with Crippen molar-refractivity contribution < 1.29 is 23.9 Å². The fraction of sp³-hybridized carbons (Fsp3) is 0.607. The van der Waals surface area contributed by atoms with E-state index in [4.69, 9.17) is 9.47 Å². The van der Waals surface area contributed by atoms with E-state index in [1.54, 1.807) is 47.6 Å². The van der Waals surface area contributed by atoms with Gasteiger partial charge >= 0.3 is 11.9 Å². The van der Waals surface area contributed by atoms with Crippen LogP contribution < -0.4 is 9.47 Å². The molecule has 0 saturated heterocycles. The summed E-state index contributed by atoms with van der Waals surface area (Å²) in [6.07, 6.45) is 4.27. The van der Waals surface area contributed by atoms with E-state index in [2.05, 4.69) is 26.8 Å². The van der Waals surface area contributed by atoms with E-state index in [0.29, 0.717) is 11.8 Å². The number of hydrogen-bond acceptors (Lipinski definition) is 5. The molecule has 0 amide bonds. The van der Waals surface area contributed by atoms with Crippen LogP contribution in [0.5, 0.6) is 11.5 Å². The molecule has 0 radical (unpaired) electrons. The number of carbonyl (C=O) groups excluding carboxylic acids is 3. The largest absolute Gasteiger partial charge is 0.425 e. The van der Waals surface area contributed by atoms with Crippen LogP contribution in [0, 0.1) is 22.7 Å². The van der Waals surface area contributed by atoms with Gasteiger partial charge in [-0.15, -0.1) is 0 Å². The minimum Gasteiger partial charge on any atom is -0.425 e. The third-order valence-electron chi connectivity index (χ3n) is 6.14. The van der Waals surface area contributed by atoms with Crippen molar-refractivity contribution in [2.45, 2.75) is 88.0 Å². The average Bonchev–Trinajstić information content (AvgIpc) is 2.65. The lowest BCUT2D eigenvalue weighted by Gasteiger charge is -2.34. The zero-order valence-electron chi connectivity index (χ0n) is 21.9. The lowest BCUT2D eigenvalue weighted by Crippen LogP contribution is -2.29. The Kier molecular flexibility index (Phi) is 7.98. The highest BCUT2D eigenvalue weighted by Crippen LogP contribution is 2.46. The summed E-state index contributed by atoms with van der Waals surface area (Å²) in [6.45, 7) is 18.5. The van der Waals surface area contributed by atoms with E-state index in [-0.39, 0.29) is 28.8 Å². The minimum atomic E-state index is -0.765. The van der Waals surface area contributed by atoms with Crippen LogP contribution in [-0.4, -0.2) is 17.7 Å². The smallest absolute Gasteiger partial charge is 0.316 e. The van der Waals surface area contributed by atoms with Gasteiger partial charge in [-0.3, -0.25) is 14.4 Å². The Bertz CT molecular complexity index is 954. The Morgan fingerprint density at radius 1 is 0.939 bits per heavy atom. The highest BCUT2D eigenvalue weighted by Gasteiger charge is 2.35. The molecule has 2 rings (SSSR count). The van der Waals surface area contributed by atoms with Gasteiger partial charge in [0.05, 0.1) is 10.8 Å². The summed E-state index contributed by atoms with van der Waals surface area (Å²) in [4.78, 5) is 38.4. The first-order valence-electron chi connectivity index (χ1n) is 11.8. The number of ketones is 1. The maximum absolute atomic E-state index is 13.0. The van der Waals surface area contributed by atoms with Crippen LogP contribution in [0.4, 0.5) is 0 Å². The lowest BCUT2D eigenvalue weighted by atomic mass is 9.71. The number of esters is 2. The van der Waals surface area contributed by atoms with Crippen LogP contribution in [-0.2, 0) is 9.59 Å². The minimum absolute atomic E-state index is 0.00742. The Hall–Kier alpha value is -2.43. The van der Waals surface area contributed by atoms with E-state index >= 15 is 0 Å². The molecule has 0 N–H and O–H groups in total. The SMILES string of the molecule is CC(=O)c1c(OC(=O)C(C)(C)C)ccc(C2C=C(C)CCC2C(C)C)c1OC(=O)C(C)(C)C. The first-order chi connectivity index (χ1) is 15.0. The van der Waals surface area contributed by atoms with Gasteiger partial charge in [0.15, 0.2) is 5.78 Å². The molecular weight excluding hydrogens is 416 g/mol. The van der Waals surface area contributed by atoms with Crippen LogP contribution in [0.25, 0.3) is 0 Å². The number of benzene rings is 1. The second-order valence-electron chi connectivity index (χ2n) is 11.7. The molecule has 0 fully saturated rings. The van der Waals surface area contributed by atoms with Crippen LogP contribution in [0.3, 0.4) is 0 Å². The van der Waals surface area contributed by atoms with E-state index in [1.165, 1.54) is 12.5 Å². The van der Waals surface area contributed by atoms with Gasteiger partial charge in [-0.05, 0) is 86.1 Å². The number of rotatable bonds is 5. The third kappa shape index (κ3) is 6.33. The molecule has 1 aromatic carbocycles. The van der Waals surface area contributed by atoms with Gasteiger partial charge in [0.1, 0.15) is 17.1 Å². The predicted molar refractivity (Wildman–Crippen MR) is 131 cm³/mol. The fourth-order valence-electron chi connectivity index (χ4n) is 4.03. The number of hydrogen-bond donors (Lipinski definition) is 0. The Morgan fingerprint density at radius 3 is 1.97 bits per heavy atom. The van der Waals surface area contributed by atoms with Crippen LogP contribution in [0.2, 0.25) is 0 Å². The molecular formula is C28H40O5. The molecule has 1 aliphatic carbocycles.